The van der Waals surface area contributed by atoms with Crippen LogP contribution in [0.15, 0.2) is 23.3 Å². The Morgan fingerprint density at radius 1 is 1.30 bits per heavy atom. The van der Waals surface area contributed by atoms with E-state index in [9.17, 15) is 0 Å². The van der Waals surface area contributed by atoms with Gasteiger partial charge < -0.3 is 15.5 Å². The summed E-state index contributed by atoms with van der Waals surface area (Å²) in [6.07, 6.45) is 8.23. The van der Waals surface area contributed by atoms with E-state index in [0.29, 0.717) is 6.04 Å². The molecule has 23 heavy (non-hydrogen) atoms. The molecule has 128 valence electrons. The van der Waals surface area contributed by atoms with Crippen LogP contribution < -0.4 is 15.5 Å². The maximum Gasteiger partial charge on any atom is 0.191 e. The van der Waals surface area contributed by atoms with Crippen molar-refractivity contribution in [1.29, 1.82) is 0 Å². The summed E-state index contributed by atoms with van der Waals surface area (Å²) in [6, 6.07) is 4.70. The molecule has 2 heterocycles. The van der Waals surface area contributed by atoms with Crippen LogP contribution in [0.2, 0.25) is 0 Å². The third kappa shape index (κ3) is 5.73. The molecule has 1 aromatic heterocycles. The summed E-state index contributed by atoms with van der Waals surface area (Å²) in [4.78, 5) is 11.3. The first-order valence-electron chi connectivity index (χ1n) is 8.90. The van der Waals surface area contributed by atoms with Gasteiger partial charge in [-0.15, -0.1) is 0 Å². The number of nitrogens with one attached hydrogen (secondary N) is 2. The van der Waals surface area contributed by atoms with E-state index in [-0.39, 0.29) is 0 Å². The van der Waals surface area contributed by atoms with Gasteiger partial charge in [0.25, 0.3) is 0 Å². The number of hydrogen-bond acceptors (Lipinski definition) is 3. The average molecular weight is 317 g/mol. The first-order chi connectivity index (χ1) is 11.2. The standard InChI is InChI=1S/C18H31N5/c1-4-15(2)22-18(19-3)21-14-16-9-10-20-17(13-16)23-11-7-5-6-8-12-23/h9-10,13,15H,4-8,11-12,14H2,1-3H3,(H2,19,21,22). The number of pyridine rings is 1. The summed E-state index contributed by atoms with van der Waals surface area (Å²) >= 11 is 0. The highest BCUT2D eigenvalue weighted by atomic mass is 15.2. The number of aromatic nitrogens is 1. The zero-order valence-electron chi connectivity index (χ0n) is 14.8. The third-order valence-electron chi connectivity index (χ3n) is 4.42. The SMILES string of the molecule is CCC(C)NC(=NC)NCc1ccnc(N2CCCCCC2)c1. The molecule has 1 atom stereocenters. The van der Waals surface area contributed by atoms with E-state index < -0.39 is 0 Å². The molecule has 0 amide bonds. The van der Waals surface area contributed by atoms with E-state index in [1.807, 2.05) is 13.2 Å². The second-order valence-corrected chi connectivity index (χ2v) is 6.30. The minimum Gasteiger partial charge on any atom is -0.357 e. The Kier molecular flexibility index (Phi) is 7.17. The van der Waals surface area contributed by atoms with Gasteiger partial charge >= 0.3 is 0 Å². The Hall–Kier alpha value is -1.78. The molecule has 1 fully saturated rings. The Morgan fingerprint density at radius 3 is 2.70 bits per heavy atom. The number of nitrogens with zero attached hydrogens (tertiary/aromatic N) is 3. The van der Waals surface area contributed by atoms with Gasteiger partial charge in [0.2, 0.25) is 0 Å². The van der Waals surface area contributed by atoms with Crippen molar-refractivity contribution in [2.45, 2.75) is 58.5 Å². The lowest BCUT2D eigenvalue weighted by Gasteiger charge is -2.22. The molecule has 1 aliphatic rings. The lowest BCUT2D eigenvalue weighted by atomic mass is 10.2. The summed E-state index contributed by atoms with van der Waals surface area (Å²) in [6.45, 7) is 7.35. The first kappa shape index (κ1) is 17.6. The number of anilines is 1. The van der Waals surface area contributed by atoms with Gasteiger partial charge in [0.1, 0.15) is 5.82 Å². The quantitative estimate of drug-likeness (QED) is 0.647. The van der Waals surface area contributed by atoms with Crippen molar-refractivity contribution < 1.29 is 0 Å². The van der Waals surface area contributed by atoms with Gasteiger partial charge in [0.05, 0.1) is 0 Å². The number of rotatable bonds is 5. The molecule has 0 saturated carbocycles. The van der Waals surface area contributed by atoms with Crippen LogP contribution in [0.25, 0.3) is 0 Å². The van der Waals surface area contributed by atoms with Crippen molar-refractivity contribution in [3.8, 4) is 0 Å². The van der Waals surface area contributed by atoms with E-state index in [4.69, 9.17) is 0 Å². The van der Waals surface area contributed by atoms with E-state index in [1.54, 1.807) is 0 Å². The Balaban J connectivity index is 1.94. The van der Waals surface area contributed by atoms with Crippen LogP contribution in [-0.2, 0) is 6.54 Å². The number of guanidine groups is 1. The molecule has 1 unspecified atom stereocenters. The van der Waals surface area contributed by atoms with Crippen molar-refractivity contribution in [3.05, 3.63) is 23.9 Å². The van der Waals surface area contributed by atoms with Gasteiger partial charge in [-0.3, -0.25) is 4.99 Å². The van der Waals surface area contributed by atoms with Crippen LogP contribution in [0.1, 0.15) is 51.5 Å². The topological polar surface area (TPSA) is 52.6 Å². The van der Waals surface area contributed by atoms with E-state index >= 15 is 0 Å². The van der Waals surface area contributed by atoms with Crippen LogP contribution in [0.3, 0.4) is 0 Å². The van der Waals surface area contributed by atoms with Crippen LogP contribution >= 0.6 is 0 Å². The largest absolute Gasteiger partial charge is 0.357 e. The Bertz CT molecular complexity index is 492. The summed E-state index contributed by atoms with van der Waals surface area (Å²) in [5.41, 5.74) is 1.24. The number of hydrogen-bond donors (Lipinski definition) is 2. The summed E-state index contributed by atoms with van der Waals surface area (Å²) in [7, 11) is 1.81. The maximum absolute atomic E-state index is 4.57. The molecule has 2 rings (SSSR count). The molecule has 0 aliphatic carbocycles. The Morgan fingerprint density at radius 2 is 2.04 bits per heavy atom. The Labute approximate surface area is 140 Å². The summed E-state index contributed by atoms with van der Waals surface area (Å²) < 4.78 is 0. The van der Waals surface area contributed by atoms with Gasteiger partial charge in [-0.05, 0) is 43.9 Å². The molecule has 0 spiro atoms. The highest BCUT2D eigenvalue weighted by molar-refractivity contribution is 5.79. The molecule has 1 aliphatic heterocycles. The molecule has 0 bridgehead atoms. The fourth-order valence-electron chi connectivity index (χ4n) is 2.76. The second-order valence-electron chi connectivity index (χ2n) is 6.30. The molecule has 0 aromatic carbocycles. The van der Waals surface area contributed by atoms with Gasteiger partial charge in [0, 0.05) is 38.9 Å². The van der Waals surface area contributed by atoms with Crippen LogP contribution in [-0.4, -0.2) is 37.1 Å². The van der Waals surface area contributed by atoms with Gasteiger partial charge in [0.15, 0.2) is 5.96 Å². The van der Waals surface area contributed by atoms with Crippen molar-refractivity contribution in [3.63, 3.8) is 0 Å². The summed E-state index contributed by atoms with van der Waals surface area (Å²) in [5, 5.41) is 6.77. The lowest BCUT2D eigenvalue weighted by Crippen LogP contribution is -2.41. The smallest absolute Gasteiger partial charge is 0.191 e. The predicted molar refractivity (Wildman–Crippen MR) is 98.0 cm³/mol. The first-order valence-corrected chi connectivity index (χ1v) is 8.90. The second kappa shape index (κ2) is 9.38. The molecule has 5 heteroatoms. The zero-order valence-corrected chi connectivity index (χ0v) is 14.8. The molecule has 5 nitrogen and oxygen atoms in total. The number of aliphatic imine (C=N–C) groups is 1. The molecule has 1 saturated heterocycles. The van der Waals surface area contributed by atoms with Crippen molar-refractivity contribution in [2.24, 2.45) is 4.99 Å². The molecule has 2 N–H and O–H groups in total. The molecular weight excluding hydrogens is 286 g/mol. The normalized spacial score (nSPS) is 17.5. The van der Waals surface area contributed by atoms with E-state index in [2.05, 4.69) is 51.5 Å². The monoisotopic (exact) mass is 317 g/mol. The zero-order chi connectivity index (χ0) is 16.5. The fraction of sp³-hybridized carbons (Fsp3) is 0.667. The fourth-order valence-corrected chi connectivity index (χ4v) is 2.76. The minimum absolute atomic E-state index is 0.423. The van der Waals surface area contributed by atoms with Crippen molar-refractivity contribution >= 4 is 11.8 Å². The van der Waals surface area contributed by atoms with Gasteiger partial charge in [-0.25, -0.2) is 4.98 Å². The van der Waals surface area contributed by atoms with Crippen molar-refractivity contribution in [2.75, 3.05) is 25.0 Å². The third-order valence-corrected chi connectivity index (χ3v) is 4.42. The molecule has 1 aromatic rings. The minimum atomic E-state index is 0.423. The highest BCUT2D eigenvalue weighted by Gasteiger charge is 2.11. The van der Waals surface area contributed by atoms with Crippen molar-refractivity contribution in [1.82, 2.24) is 15.6 Å². The van der Waals surface area contributed by atoms with Gasteiger partial charge in [-0.1, -0.05) is 19.8 Å². The molecular formula is C18H31N5. The molecule has 0 radical (unpaired) electrons. The van der Waals surface area contributed by atoms with Crippen LogP contribution in [0.5, 0.6) is 0 Å². The average Bonchev–Trinajstić information content (AvgIpc) is 2.88. The van der Waals surface area contributed by atoms with Crippen LogP contribution in [0, 0.1) is 0 Å². The van der Waals surface area contributed by atoms with E-state index in [0.717, 1.165) is 37.8 Å². The highest BCUT2D eigenvalue weighted by Crippen LogP contribution is 2.18. The predicted octanol–water partition coefficient (Wildman–Crippen LogP) is 2.93. The van der Waals surface area contributed by atoms with E-state index in [1.165, 1.54) is 31.2 Å². The van der Waals surface area contributed by atoms with Crippen LogP contribution in [0.4, 0.5) is 5.82 Å². The lowest BCUT2D eigenvalue weighted by molar-refractivity contribution is 0.624. The maximum atomic E-state index is 4.57. The summed E-state index contributed by atoms with van der Waals surface area (Å²) in [5.74, 6) is 1.96. The van der Waals surface area contributed by atoms with Gasteiger partial charge in [-0.2, -0.15) is 0 Å².